The van der Waals surface area contributed by atoms with Crippen LogP contribution in [0.3, 0.4) is 0 Å². The van der Waals surface area contributed by atoms with E-state index in [0.29, 0.717) is 6.04 Å². The van der Waals surface area contributed by atoms with Gasteiger partial charge in [0.2, 0.25) is 0 Å². The van der Waals surface area contributed by atoms with Gasteiger partial charge in [-0.25, -0.2) is 8.51 Å². The molecular formula is C11H15NOS. The average molecular weight is 209 g/mol. The molecule has 3 heteroatoms. The highest BCUT2D eigenvalue weighted by Gasteiger charge is 2.28. The van der Waals surface area contributed by atoms with Crippen molar-refractivity contribution in [2.24, 2.45) is 0 Å². The SMILES string of the molecule is Cc1ccc2c(c1)CN(C(C)C)S2=O. The predicted octanol–water partition coefficient (Wildman–Crippen LogP) is 2.24. The van der Waals surface area contributed by atoms with Crippen molar-refractivity contribution in [3.05, 3.63) is 29.3 Å². The number of hydrogen-bond donors (Lipinski definition) is 0. The molecule has 1 atom stereocenters. The second-order valence-corrected chi connectivity index (χ2v) is 5.44. The first-order valence-corrected chi connectivity index (χ1v) is 5.98. The Kier molecular flexibility index (Phi) is 2.45. The Morgan fingerprint density at radius 2 is 2.14 bits per heavy atom. The van der Waals surface area contributed by atoms with Crippen molar-refractivity contribution in [1.82, 2.24) is 4.31 Å². The van der Waals surface area contributed by atoms with Crippen LogP contribution in [0.4, 0.5) is 0 Å². The summed E-state index contributed by atoms with van der Waals surface area (Å²) in [6, 6.07) is 6.49. The summed E-state index contributed by atoms with van der Waals surface area (Å²) in [4.78, 5) is 0.990. The molecule has 0 spiro atoms. The van der Waals surface area contributed by atoms with Gasteiger partial charge < -0.3 is 0 Å². The molecule has 0 saturated carbocycles. The van der Waals surface area contributed by atoms with E-state index < -0.39 is 11.0 Å². The van der Waals surface area contributed by atoms with Crippen LogP contribution in [-0.4, -0.2) is 14.6 Å². The van der Waals surface area contributed by atoms with Gasteiger partial charge in [-0.05, 0) is 32.4 Å². The van der Waals surface area contributed by atoms with E-state index in [9.17, 15) is 4.21 Å². The highest BCUT2D eigenvalue weighted by Crippen LogP contribution is 2.29. The first kappa shape index (κ1) is 9.87. The van der Waals surface area contributed by atoms with E-state index in [1.807, 2.05) is 16.4 Å². The largest absolute Gasteiger partial charge is 0.237 e. The Morgan fingerprint density at radius 1 is 1.43 bits per heavy atom. The van der Waals surface area contributed by atoms with E-state index >= 15 is 0 Å². The van der Waals surface area contributed by atoms with Crippen LogP contribution in [0.15, 0.2) is 23.1 Å². The van der Waals surface area contributed by atoms with Gasteiger partial charge >= 0.3 is 0 Å². The van der Waals surface area contributed by atoms with E-state index in [1.165, 1.54) is 11.1 Å². The third-order valence-corrected chi connectivity index (χ3v) is 4.27. The Balaban J connectivity index is 2.40. The maximum Gasteiger partial charge on any atom is 0.128 e. The van der Waals surface area contributed by atoms with Crippen LogP contribution < -0.4 is 0 Å². The van der Waals surface area contributed by atoms with Gasteiger partial charge in [-0.15, -0.1) is 0 Å². The van der Waals surface area contributed by atoms with Crippen molar-refractivity contribution in [2.75, 3.05) is 0 Å². The van der Waals surface area contributed by atoms with Gasteiger partial charge in [-0.1, -0.05) is 17.7 Å². The zero-order chi connectivity index (χ0) is 10.3. The summed E-state index contributed by atoms with van der Waals surface area (Å²) >= 11 is 0. The minimum Gasteiger partial charge on any atom is -0.237 e. The van der Waals surface area contributed by atoms with Crippen LogP contribution in [0.25, 0.3) is 0 Å². The molecule has 2 nitrogen and oxygen atoms in total. The summed E-state index contributed by atoms with van der Waals surface area (Å²) in [6.45, 7) is 7.05. The van der Waals surface area contributed by atoms with Crippen LogP contribution in [0.5, 0.6) is 0 Å². The topological polar surface area (TPSA) is 20.3 Å². The molecule has 1 aromatic carbocycles. The monoisotopic (exact) mass is 209 g/mol. The number of benzene rings is 1. The summed E-state index contributed by atoms with van der Waals surface area (Å²) in [6.07, 6.45) is 0. The van der Waals surface area contributed by atoms with Crippen molar-refractivity contribution < 1.29 is 4.21 Å². The summed E-state index contributed by atoms with van der Waals surface area (Å²) in [5.41, 5.74) is 2.46. The third kappa shape index (κ3) is 1.51. The summed E-state index contributed by atoms with van der Waals surface area (Å²) in [7, 11) is -0.941. The van der Waals surface area contributed by atoms with Gasteiger partial charge in [0.1, 0.15) is 11.0 Å². The molecule has 0 saturated heterocycles. The van der Waals surface area contributed by atoms with Crippen LogP contribution in [0.1, 0.15) is 25.0 Å². The lowest BCUT2D eigenvalue weighted by molar-refractivity contribution is 0.384. The average Bonchev–Trinajstić information content (AvgIpc) is 2.43. The molecule has 0 N–H and O–H groups in total. The van der Waals surface area contributed by atoms with Crippen LogP contribution in [-0.2, 0) is 17.5 Å². The molecule has 1 unspecified atom stereocenters. The number of fused-ring (bicyclic) bond motifs is 1. The predicted molar refractivity (Wildman–Crippen MR) is 58.3 cm³/mol. The highest BCUT2D eigenvalue weighted by molar-refractivity contribution is 7.83. The Labute approximate surface area is 87.5 Å². The molecule has 0 aliphatic carbocycles. The summed E-state index contributed by atoms with van der Waals surface area (Å²) in [5, 5.41) is 0. The molecule has 1 heterocycles. The van der Waals surface area contributed by atoms with Crippen LogP contribution in [0.2, 0.25) is 0 Å². The molecule has 1 aromatic rings. The first-order chi connectivity index (χ1) is 6.59. The van der Waals surface area contributed by atoms with Gasteiger partial charge in [0, 0.05) is 12.6 Å². The zero-order valence-electron chi connectivity index (χ0n) is 8.78. The lowest BCUT2D eigenvalue weighted by Crippen LogP contribution is -2.26. The fraction of sp³-hybridized carbons (Fsp3) is 0.455. The second kappa shape index (κ2) is 3.48. The maximum absolute atomic E-state index is 12.0. The molecule has 0 amide bonds. The van der Waals surface area contributed by atoms with Crippen LogP contribution >= 0.6 is 0 Å². The zero-order valence-corrected chi connectivity index (χ0v) is 9.60. The molecular weight excluding hydrogens is 194 g/mol. The lowest BCUT2D eigenvalue weighted by Gasteiger charge is -2.17. The van der Waals surface area contributed by atoms with Gasteiger partial charge in [0.05, 0.1) is 4.90 Å². The second-order valence-electron chi connectivity index (χ2n) is 4.03. The molecule has 14 heavy (non-hydrogen) atoms. The smallest absolute Gasteiger partial charge is 0.128 e. The van der Waals surface area contributed by atoms with Gasteiger partial charge in [-0.3, -0.25) is 0 Å². The van der Waals surface area contributed by atoms with Crippen molar-refractivity contribution in [1.29, 1.82) is 0 Å². The van der Waals surface area contributed by atoms with E-state index in [0.717, 1.165) is 11.4 Å². The lowest BCUT2D eigenvalue weighted by atomic mass is 10.1. The standard InChI is InChI=1S/C11H15NOS/c1-8(2)12-7-10-6-9(3)4-5-11(10)14(12)13/h4-6,8H,7H2,1-3H3. The molecule has 0 aromatic heterocycles. The number of aryl methyl sites for hydroxylation is 1. The molecule has 0 fully saturated rings. The molecule has 76 valence electrons. The molecule has 1 aliphatic rings. The highest BCUT2D eigenvalue weighted by atomic mass is 32.2. The van der Waals surface area contributed by atoms with Gasteiger partial charge in [0.25, 0.3) is 0 Å². The summed E-state index contributed by atoms with van der Waals surface area (Å²) < 4.78 is 14.0. The number of nitrogens with zero attached hydrogens (tertiary/aromatic N) is 1. The Morgan fingerprint density at radius 3 is 2.79 bits per heavy atom. The van der Waals surface area contributed by atoms with Crippen molar-refractivity contribution in [2.45, 2.75) is 38.3 Å². The van der Waals surface area contributed by atoms with Crippen LogP contribution in [0, 0.1) is 6.92 Å². The normalized spacial score (nSPS) is 21.6. The fourth-order valence-electron chi connectivity index (χ4n) is 1.73. The van der Waals surface area contributed by atoms with E-state index in [-0.39, 0.29) is 0 Å². The first-order valence-electron chi connectivity index (χ1n) is 4.87. The Bertz CT molecular complexity index is 387. The third-order valence-electron chi connectivity index (χ3n) is 2.52. The Hall–Kier alpha value is -0.670. The molecule has 0 bridgehead atoms. The number of hydrogen-bond acceptors (Lipinski definition) is 1. The van der Waals surface area contributed by atoms with Crippen molar-refractivity contribution in [3.8, 4) is 0 Å². The van der Waals surface area contributed by atoms with Crippen molar-refractivity contribution in [3.63, 3.8) is 0 Å². The van der Waals surface area contributed by atoms with Gasteiger partial charge in [0.15, 0.2) is 0 Å². The number of rotatable bonds is 1. The molecule has 2 rings (SSSR count). The molecule has 0 radical (unpaired) electrons. The summed E-state index contributed by atoms with van der Waals surface area (Å²) in [5.74, 6) is 0. The van der Waals surface area contributed by atoms with Crippen molar-refractivity contribution >= 4 is 11.0 Å². The van der Waals surface area contributed by atoms with E-state index in [2.05, 4.69) is 26.8 Å². The molecule has 1 aliphatic heterocycles. The maximum atomic E-state index is 12.0. The minimum absolute atomic E-state index is 0.337. The minimum atomic E-state index is -0.941. The van der Waals surface area contributed by atoms with E-state index in [4.69, 9.17) is 0 Å². The van der Waals surface area contributed by atoms with E-state index in [1.54, 1.807) is 0 Å². The quantitative estimate of drug-likeness (QED) is 0.694. The van der Waals surface area contributed by atoms with Gasteiger partial charge in [-0.2, -0.15) is 0 Å². The fourth-order valence-corrected chi connectivity index (χ4v) is 3.15.